The molecule has 6 heteroatoms. The summed E-state index contributed by atoms with van der Waals surface area (Å²) in [6, 6.07) is 4.16. The van der Waals surface area contributed by atoms with E-state index in [0.29, 0.717) is 0 Å². The van der Waals surface area contributed by atoms with Crippen molar-refractivity contribution in [1.29, 1.82) is 0 Å². The molecular formula is C14H15FN2O3. The van der Waals surface area contributed by atoms with Gasteiger partial charge in [0.15, 0.2) is 5.78 Å². The number of hydrogen-bond donors (Lipinski definition) is 1. The van der Waals surface area contributed by atoms with Gasteiger partial charge in [-0.25, -0.2) is 4.39 Å². The van der Waals surface area contributed by atoms with E-state index in [0.717, 1.165) is 0 Å². The molecule has 1 aromatic carbocycles. The topological polar surface area (TPSA) is 66.5 Å². The summed E-state index contributed by atoms with van der Waals surface area (Å²) in [5.41, 5.74) is -0.903. The van der Waals surface area contributed by atoms with Crippen molar-refractivity contribution in [2.75, 3.05) is 11.4 Å². The number of nitrogens with zero attached hydrogens (tertiary/aromatic N) is 1. The van der Waals surface area contributed by atoms with Crippen LogP contribution in [0, 0.1) is 5.82 Å². The van der Waals surface area contributed by atoms with Crippen LogP contribution in [0.25, 0.3) is 0 Å². The van der Waals surface area contributed by atoms with Gasteiger partial charge in [-0.1, -0.05) is 6.07 Å². The number of piperazine rings is 1. The minimum absolute atomic E-state index is 0.108. The third-order valence-electron chi connectivity index (χ3n) is 3.42. The first-order valence-electron chi connectivity index (χ1n) is 6.16. The van der Waals surface area contributed by atoms with E-state index >= 15 is 0 Å². The van der Waals surface area contributed by atoms with Crippen LogP contribution < -0.4 is 10.2 Å². The first kappa shape index (κ1) is 14.2. The molecule has 1 heterocycles. The molecule has 0 saturated carbocycles. The van der Waals surface area contributed by atoms with Gasteiger partial charge in [-0.05, 0) is 32.9 Å². The Morgan fingerprint density at radius 3 is 2.60 bits per heavy atom. The average Bonchev–Trinajstić information content (AvgIpc) is 2.33. The van der Waals surface area contributed by atoms with Crippen molar-refractivity contribution in [2.24, 2.45) is 0 Å². The number of rotatable bonds is 2. The van der Waals surface area contributed by atoms with Gasteiger partial charge in [-0.3, -0.25) is 19.7 Å². The minimum atomic E-state index is -1.05. The minimum Gasteiger partial charge on any atom is -0.347 e. The quantitative estimate of drug-likeness (QED) is 0.653. The monoisotopic (exact) mass is 278 g/mol. The highest BCUT2D eigenvalue weighted by Crippen LogP contribution is 2.31. The lowest BCUT2D eigenvalue weighted by Crippen LogP contribution is -2.64. The zero-order valence-electron chi connectivity index (χ0n) is 11.5. The molecule has 2 rings (SSSR count). The molecule has 5 nitrogen and oxygen atoms in total. The van der Waals surface area contributed by atoms with E-state index < -0.39 is 29.0 Å². The predicted molar refractivity (Wildman–Crippen MR) is 71.0 cm³/mol. The molecule has 106 valence electrons. The molecule has 20 heavy (non-hydrogen) atoms. The SMILES string of the molecule is CC(=O)c1c(F)cccc1N1CC(=O)NC(=O)C1(C)C. The highest BCUT2D eigenvalue weighted by atomic mass is 19.1. The molecule has 1 aliphatic rings. The number of benzene rings is 1. The van der Waals surface area contributed by atoms with Gasteiger partial charge in [0.2, 0.25) is 5.91 Å². The molecular weight excluding hydrogens is 263 g/mol. The number of nitrogens with one attached hydrogen (secondary N) is 1. The molecule has 1 fully saturated rings. The fourth-order valence-electron chi connectivity index (χ4n) is 2.26. The number of ketones is 1. The second-order valence-electron chi connectivity index (χ2n) is 5.21. The summed E-state index contributed by atoms with van der Waals surface area (Å²) >= 11 is 0. The number of anilines is 1. The number of carbonyl (C=O) groups is 3. The molecule has 0 aromatic heterocycles. The first-order valence-corrected chi connectivity index (χ1v) is 6.16. The molecule has 0 atom stereocenters. The van der Waals surface area contributed by atoms with E-state index in [9.17, 15) is 18.8 Å². The fraction of sp³-hybridized carbons (Fsp3) is 0.357. The van der Waals surface area contributed by atoms with E-state index in [1.807, 2.05) is 0 Å². The third-order valence-corrected chi connectivity index (χ3v) is 3.42. The Morgan fingerprint density at radius 2 is 2.00 bits per heavy atom. The van der Waals surface area contributed by atoms with Gasteiger partial charge in [0.1, 0.15) is 11.4 Å². The Bertz CT molecular complexity index is 610. The highest BCUT2D eigenvalue weighted by molar-refractivity contribution is 6.08. The van der Waals surface area contributed by atoms with Gasteiger partial charge >= 0.3 is 0 Å². The fourth-order valence-corrected chi connectivity index (χ4v) is 2.26. The Morgan fingerprint density at radius 1 is 1.35 bits per heavy atom. The Labute approximate surface area is 115 Å². The van der Waals surface area contributed by atoms with Crippen LogP contribution in [-0.2, 0) is 9.59 Å². The van der Waals surface area contributed by atoms with E-state index in [1.54, 1.807) is 13.8 Å². The number of carbonyl (C=O) groups excluding carboxylic acids is 3. The Balaban J connectivity index is 2.60. The van der Waals surface area contributed by atoms with E-state index in [-0.39, 0.29) is 17.8 Å². The predicted octanol–water partition coefficient (Wildman–Crippen LogP) is 1.27. The van der Waals surface area contributed by atoms with E-state index in [1.165, 1.54) is 30.0 Å². The number of Topliss-reactive ketones (excluding diaryl/α,β-unsaturated/α-hetero) is 1. The lowest BCUT2D eigenvalue weighted by molar-refractivity contribution is -0.135. The normalized spacial score (nSPS) is 17.9. The first-order chi connectivity index (χ1) is 9.25. The van der Waals surface area contributed by atoms with Crippen molar-refractivity contribution in [3.8, 4) is 0 Å². The number of halogens is 1. The second-order valence-corrected chi connectivity index (χ2v) is 5.21. The van der Waals surface area contributed by atoms with Crippen LogP contribution in [0.15, 0.2) is 18.2 Å². The molecule has 0 bridgehead atoms. The summed E-state index contributed by atoms with van der Waals surface area (Å²) < 4.78 is 13.9. The molecule has 1 aromatic rings. The summed E-state index contributed by atoms with van der Waals surface area (Å²) in [5, 5.41) is 2.23. The summed E-state index contributed by atoms with van der Waals surface area (Å²) in [5.74, 6) is -2.07. The molecule has 0 spiro atoms. The Hall–Kier alpha value is -2.24. The lowest BCUT2D eigenvalue weighted by Gasteiger charge is -2.42. The van der Waals surface area contributed by atoms with Gasteiger partial charge in [-0.2, -0.15) is 0 Å². The second kappa shape index (κ2) is 4.70. The van der Waals surface area contributed by atoms with Crippen molar-refractivity contribution in [2.45, 2.75) is 26.3 Å². The molecule has 1 N–H and O–H groups in total. The van der Waals surface area contributed by atoms with Crippen LogP contribution in [0.1, 0.15) is 31.1 Å². The average molecular weight is 278 g/mol. The van der Waals surface area contributed by atoms with Crippen LogP contribution in [0.5, 0.6) is 0 Å². The molecule has 0 aliphatic carbocycles. The zero-order chi connectivity index (χ0) is 15.1. The van der Waals surface area contributed by atoms with E-state index in [2.05, 4.69) is 5.32 Å². The third kappa shape index (κ3) is 2.17. The largest absolute Gasteiger partial charge is 0.347 e. The van der Waals surface area contributed by atoms with Crippen LogP contribution in [0.3, 0.4) is 0 Å². The van der Waals surface area contributed by atoms with Crippen LogP contribution in [0.4, 0.5) is 10.1 Å². The maximum Gasteiger partial charge on any atom is 0.251 e. The van der Waals surface area contributed by atoms with Crippen molar-refractivity contribution in [3.05, 3.63) is 29.6 Å². The van der Waals surface area contributed by atoms with Crippen molar-refractivity contribution >= 4 is 23.3 Å². The summed E-state index contributed by atoms with van der Waals surface area (Å²) in [6.45, 7) is 4.37. The highest BCUT2D eigenvalue weighted by Gasteiger charge is 2.42. The van der Waals surface area contributed by atoms with Gasteiger partial charge in [-0.15, -0.1) is 0 Å². The number of imide groups is 1. The number of hydrogen-bond acceptors (Lipinski definition) is 4. The van der Waals surface area contributed by atoms with Gasteiger partial charge in [0.25, 0.3) is 5.91 Å². The summed E-state index contributed by atoms with van der Waals surface area (Å²) in [6.07, 6.45) is 0. The van der Waals surface area contributed by atoms with Crippen molar-refractivity contribution in [3.63, 3.8) is 0 Å². The molecule has 1 aliphatic heterocycles. The van der Waals surface area contributed by atoms with Gasteiger partial charge < -0.3 is 4.90 Å². The maximum atomic E-state index is 13.9. The molecule has 1 saturated heterocycles. The van der Waals surface area contributed by atoms with Gasteiger partial charge in [0, 0.05) is 0 Å². The number of amides is 2. The van der Waals surface area contributed by atoms with E-state index in [4.69, 9.17) is 0 Å². The summed E-state index contributed by atoms with van der Waals surface area (Å²) in [7, 11) is 0. The molecule has 0 radical (unpaired) electrons. The van der Waals surface area contributed by atoms with Crippen molar-refractivity contribution in [1.82, 2.24) is 5.32 Å². The maximum absolute atomic E-state index is 13.9. The summed E-state index contributed by atoms with van der Waals surface area (Å²) in [4.78, 5) is 36.6. The Kier molecular flexibility index (Phi) is 3.33. The van der Waals surface area contributed by atoms with Gasteiger partial charge in [0.05, 0.1) is 17.8 Å². The van der Waals surface area contributed by atoms with Crippen LogP contribution >= 0.6 is 0 Å². The zero-order valence-corrected chi connectivity index (χ0v) is 11.5. The smallest absolute Gasteiger partial charge is 0.251 e. The standard InChI is InChI=1S/C14H15FN2O3/c1-8(18)12-9(15)5-4-6-10(12)17-7-11(19)16-13(20)14(17,2)3/h4-6H,7H2,1-3H3,(H,16,19,20). The molecule has 0 unspecified atom stereocenters. The van der Waals surface area contributed by atoms with Crippen molar-refractivity contribution < 1.29 is 18.8 Å². The van der Waals surface area contributed by atoms with Crippen LogP contribution in [-0.4, -0.2) is 29.7 Å². The van der Waals surface area contributed by atoms with Crippen LogP contribution in [0.2, 0.25) is 0 Å². The lowest BCUT2D eigenvalue weighted by atomic mass is 9.95. The molecule has 2 amide bonds.